The molecule has 158 valence electrons. The molecule has 1 atom stereocenters. The van der Waals surface area contributed by atoms with Crippen molar-refractivity contribution in [2.45, 2.75) is 26.6 Å². The molecule has 1 amide bonds. The standard InChI is InChI=1S/C26H25NO4/c1-19-8-10-21(11-9-19)12-17-25(28)31-20(2)26(29)27-23-13-15-24(16-14-23)30-18-22-6-4-3-5-7-22/h3-17,20H,18H2,1-2H3,(H,27,29)/b17-12+/t20-/m0/s1. The molecule has 0 radical (unpaired) electrons. The first-order valence-corrected chi connectivity index (χ1v) is 10.0. The fraction of sp³-hybridized carbons (Fsp3) is 0.154. The van der Waals surface area contributed by atoms with Crippen LogP contribution in [0, 0.1) is 6.92 Å². The molecule has 0 aliphatic carbocycles. The lowest BCUT2D eigenvalue weighted by Crippen LogP contribution is -2.29. The summed E-state index contributed by atoms with van der Waals surface area (Å²) in [7, 11) is 0. The smallest absolute Gasteiger partial charge is 0.331 e. The van der Waals surface area contributed by atoms with Crippen LogP contribution in [0.25, 0.3) is 6.08 Å². The predicted octanol–water partition coefficient (Wildman–Crippen LogP) is 5.16. The van der Waals surface area contributed by atoms with E-state index in [2.05, 4.69) is 5.32 Å². The third-order valence-electron chi connectivity index (χ3n) is 4.52. The molecule has 0 fully saturated rings. The van der Waals surface area contributed by atoms with Gasteiger partial charge in [-0.1, -0.05) is 60.2 Å². The Kier molecular flexibility index (Phi) is 7.60. The topological polar surface area (TPSA) is 64.6 Å². The normalized spacial score (nSPS) is 11.7. The van der Waals surface area contributed by atoms with Gasteiger partial charge in [-0.25, -0.2) is 4.79 Å². The van der Waals surface area contributed by atoms with Gasteiger partial charge < -0.3 is 14.8 Å². The lowest BCUT2D eigenvalue weighted by atomic mass is 10.1. The fourth-order valence-electron chi connectivity index (χ4n) is 2.73. The van der Waals surface area contributed by atoms with Crippen LogP contribution in [0.4, 0.5) is 5.69 Å². The van der Waals surface area contributed by atoms with Crippen LogP contribution in [0.15, 0.2) is 84.9 Å². The van der Waals surface area contributed by atoms with Gasteiger partial charge in [0, 0.05) is 11.8 Å². The van der Waals surface area contributed by atoms with Crippen molar-refractivity contribution < 1.29 is 19.1 Å². The van der Waals surface area contributed by atoms with Gasteiger partial charge in [-0.3, -0.25) is 4.79 Å². The van der Waals surface area contributed by atoms with Crippen molar-refractivity contribution >= 4 is 23.6 Å². The molecule has 3 aromatic rings. The minimum atomic E-state index is -0.927. The average Bonchev–Trinajstić information content (AvgIpc) is 2.79. The number of ether oxygens (including phenoxy) is 2. The van der Waals surface area contributed by atoms with E-state index in [-0.39, 0.29) is 0 Å². The maximum Gasteiger partial charge on any atom is 0.331 e. The molecule has 31 heavy (non-hydrogen) atoms. The molecule has 0 aromatic heterocycles. The Morgan fingerprint density at radius 3 is 2.29 bits per heavy atom. The number of hydrogen-bond acceptors (Lipinski definition) is 4. The van der Waals surface area contributed by atoms with Crippen LogP contribution >= 0.6 is 0 Å². The summed E-state index contributed by atoms with van der Waals surface area (Å²) in [5.41, 5.74) is 3.69. The van der Waals surface area contributed by atoms with Crippen molar-refractivity contribution in [3.8, 4) is 5.75 Å². The molecular formula is C26H25NO4. The van der Waals surface area contributed by atoms with E-state index >= 15 is 0 Å². The Balaban J connectivity index is 1.46. The van der Waals surface area contributed by atoms with E-state index in [4.69, 9.17) is 9.47 Å². The molecule has 0 saturated carbocycles. The SMILES string of the molecule is Cc1ccc(/C=C/C(=O)O[C@@H](C)C(=O)Nc2ccc(OCc3ccccc3)cc2)cc1. The van der Waals surface area contributed by atoms with Gasteiger partial charge >= 0.3 is 5.97 Å². The molecule has 5 heteroatoms. The van der Waals surface area contributed by atoms with E-state index in [9.17, 15) is 9.59 Å². The Morgan fingerprint density at radius 1 is 0.935 bits per heavy atom. The van der Waals surface area contributed by atoms with E-state index in [1.807, 2.05) is 61.5 Å². The van der Waals surface area contributed by atoms with Crippen LogP contribution in [0.2, 0.25) is 0 Å². The molecule has 1 N–H and O–H groups in total. The molecule has 0 heterocycles. The highest BCUT2D eigenvalue weighted by Gasteiger charge is 2.16. The lowest BCUT2D eigenvalue weighted by Gasteiger charge is -2.13. The highest BCUT2D eigenvalue weighted by atomic mass is 16.5. The maximum atomic E-state index is 12.3. The molecule has 3 rings (SSSR count). The minimum Gasteiger partial charge on any atom is -0.489 e. The number of esters is 1. The fourth-order valence-corrected chi connectivity index (χ4v) is 2.73. The zero-order valence-corrected chi connectivity index (χ0v) is 17.6. The van der Waals surface area contributed by atoms with Gasteiger partial charge in [0.1, 0.15) is 12.4 Å². The summed E-state index contributed by atoms with van der Waals surface area (Å²) in [6.07, 6.45) is 2.04. The zero-order chi connectivity index (χ0) is 22.1. The van der Waals surface area contributed by atoms with Crippen molar-refractivity contribution in [3.63, 3.8) is 0 Å². The number of hydrogen-bond donors (Lipinski definition) is 1. The summed E-state index contributed by atoms with van der Waals surface area (Å²) in [4.78, 5) is 24.3. The molecule has 0 bridgehead atoms. The Labute approximate surface area is 182 Å². The summed E-state index contributed by atoms with van der Waals surface area (Å²) in [6, 6.07) is 24.6. The molecule has 0 unspecified atom stereocenters. The van der Waals surface area contributed by atoms with Crippen molar-refractivity contribution in [1.82, 2.24) is 0 Å². The van der Waals surface area contributed by atoms with Gasteiger partial charge in [-0.05, 0) is 55.3 Å². The summed E-state index contributed by atoms with van der Waals surface area (Å²) >= 11 is 0. The second-order valence-corrected chi connectivity index (χ2v) is 7.11. The van der Waals surface area contributed by atoms with E-state index in [0.29, 0.717) is 18.0 Å². The monoisotopic (exact) mass is 415 g/mol. The van der Waals surface area contributed by atoms with Gasteiger partial charge in [-0.15, -0.1) is 0 Å². The van der Waals surface area contributed by atoms with Crippen molar-refractivity contribution in [1.29, 1.82) is 0 Å². The number of benzene rings is 3. The summed E-state index contributed by atoms with van der Waals surface area (Å²) < 4.78 is 10.9. The number of aryl methyl sites for hydroxylation is 1. The second-order valence-electron chi connectivity index (χ2n) is 7.11. The van der Waals surface area contributed by atoms with E-state index in [1.54, 1.807) is 30.3 Å². The first kappa shape index (κ1) is 21.8. The number of nitrogens with one attached hydrogen (secondary N) is 1. The van der Waals surface area contributed by atoms with Crippen LogP contribution in [-0.4, -0.2) is 18.0 Å². The number of carbonyl (C=O) groups excluding carboxylic acids is 2. The van der Waals surface area contributed by atoms with Gasteiger partial charge in [-0.2, -0.15) is 0 Å². The number of carbonyl (C=O) groups is 2. The quantitative estimate of drug-likeness (QED) is 0.408. The van der Waals surface area contributed by atoms with E-state index in [0.717, 1.165) is 16.7 Å². The van der Waals surface area contributed by atoms with Crippen molar-refractivity contribution in [3.05, 3.63) is 102 Å². The van der Waals surface area contributed by atoms with E-state index < -0.39 is 18.0 Å². The van der Waals surface area contributed by atoms with Gasteiger partial charge in [0.2, 0.25) is 0 Å². The Hall–Kier alpha value is -3.86. The van der Waals surface area contributed by atoms with Crippen molar-refractivity contribution in [2.24, 2.45) is 0 Å². The van der Waals surface area contributed by atoms with Crippen LogP contribution in [0.5, 0.6) is 5.75 Å². The summed E-state index contributed by atoms with van der Waals surface area (Å²) in [5.74, 6) is -0.287. The van der Waals surface area contributed by atoms with Gasteiger partial charge in [0.05, 0.1) is 0 Å². The third kappa shape index (κ3) is 7.16. The van der Waals surface area contributed by atoms with Crippen LogP contribution in [0.1, 0.15) is 23.6 Å². The molecule has 0 spiro atoms. The Morgan fingerprint density at radius 2 is 1.61 bits per heavy atom. The maximum absolute atomic E-state index is 12.3. The lowest BCUT2D eigenvalue weighted by molar-refractivity contribution is -0.148. The third-order valence-corrected chi connectivity index (χ3v) is 4.52. The molecule has 3 aromatic carbocycles. The molecule has 0 aliphatic rings. The first-order chi connectivity index (χ1) is 15.0. The average molecular weight is 415 g/mol. The summed E-state index contributed by atoms with van der Waals surface area (Å²) in [5, 5.41) is 2.73. The first-order valence-electron chi connectivity index (χ1n) is 10.0. The van der Waals surface area contributed by atoms with Crippen LogP contribution in [0.3, 0.4) is 0 Å². The Bertz CT molecular complexity index is 1030. The molecule has 0 saturated heterocycles. The zero-order valence-electron chi connectivity index (χ0n) is 17.6. The van der Waals surface area contributed by atoms with Crippen molar-refractivity contribution in [2.75, 3.05) is 5.32 Å². The molecular weight excluding hydrogens is 390 g/mol. The van der Waals surface area contributed by atoms with Crippen LogP contribution in [-0.2, 0) is 20.9 Å². The molecule has 5 nitrogen and oxygen atoms in total. The number of anilines is 1. The highest BCUT2D eigenvalue weighted by Crippen LogP contribution is 2.17. The van der Waals surface area contributed by atoms with E-state index in [1.165, 1.54) is 13.0 Å². The van der Waals surface area contributed by atoms with Crippen LogP contribution < -0.4 is 10.1 Å². The second kappa shape index (κ2) is 10.8. The largest absolute Gasteiger partial charge is 0.489 e. The van der Waals surface area contributed by atoms with Gasteiger partial charge in [0.15, 0.2) is 6.10 Å². The minimum absolute atomic E-state index is 0.407. The number of amides is 1. The predicted molar refractivity (Wildman–Crippen MR) is 122 cm³/mol. The van der Waals surface area contributed by atoms with Gasteiger partial charge in [0.25, 0.3) is 5.91 Å². The summed E-state index contributed by atoms with van der Waals surface area (Å²) in [6.45, 7) is 3.99. The molecule has 0 aliphatic heterocycles. The number of rotatable bonds is 8. The highest BCUT2D eigenvalue weighted by molar-refractivity contribution is 5.96.